The Morgan fingerprint density at radius 2 is 1.85 bits per heavy atom. The van der Waals surface area contributed by atoms with Crippen molar-refractivity contribution >= 4 is 5.91 Å². The minimum Gasteiger partial charge on any atom is -0.497 e. The molecule has 7 heteroatoms. The summed E-state index contributed by atoms with van der Waals surface area (Å²) in [5.74, 6) is 0.708. The van der Waals surface area contributed by atoms with Crippen molar-refractivity contribution in [2.45, 2.75) is 45.6 Å². The van der Waals surface area contributed by atoms with Crippen molar-refractivity contribution in [3.63, 3.8) is 0 Å². The van der Waals surface area contributed by atoms with Gasteiger partial charge in [-0.15, -0.1) is 0 Å². The van der Waals surface area contributed by atoms with Gasteiger partial charge in [0.05, 0.1) is 7.11 Å². The number of nitrogens with one attached hydrogen (secondary N) is 3. The highest BCUT2D eigenvalue weighted by Crippen LogP contribution is 2.13. The van der Waals surface area contributed by atoms with E-state index in [1.807, 2.05) is 31.2 Å². The zero-order valence-corrected chi connectivity index (χ0v) is 15.3. The molecule has 7 nitrogen and oxygen atoms in total. The Bertz CT molecular complexity index is 852. The maximum absolute atomic E-state index is 12.1. The number of carbonyl (C=O) groups is 1. The SMILES string of the molecule is COc1ccc(CC[C@@H](C)NC(=O)CCc2c(C)[nH]c(=O)[nH]c2=O)cc1. The van der Waals surface area contributed by atoms with Crippen molar-refractivity contribution in [3.05, 3.63) is 61.9 Å². The number of carbonyl (C=O) groups excluding carboxylic acids is 1. The van der Waals surface area contributed by atoms with E-state index in [1.54, 1.807) is 14.0 Å². The number of aromatic nitrogens is 2. The number of methoxy groups -OCH3 is 1. The second-order valence-corrected chi connectivity index (χ2v) is 6.37. The molecule has 0 spiro atoms. The van der Waals surface area contributed by atoms with Gasteiger partial charge in [-0.1, -0.05) is 12.1 Å². The molecule has 0 bridgehead atoms. The first-order valence-electron chi connectivity index (χ1n) is 8.63. The van der Waals surface area contributed by atoms with E-state index >= 15 is 0 Å². The van der Waals surface area contributed by atoms with Gasteiger partial charge in [-0.25, -0.2) is 4.79 Å². The smallest absolute Gasteiger partial charge is 0.325 e. The van der Waals surface area contributed by atoms with E-state index in [-0.39, 0.29) is 24.8 Å². The van der Waals surface area contributed by atoms with Crippen LogP contribution in [0.2, 0.25) is 0 Å². The number of ether oxygens (including phenoxy) is 1. The lowest BCUT2D eigenvalue weighted by Crippen LogP contribution is -2.34. The average molecular weight is 359 g/mol. The predicted molar refractivity (Wildman–Crippen MR) is 99.7 cm³/mol. The van der Waals surface area contributed by atoms with Crippen LogP contribution in [0.25, 0.3) is 0 Å². The lowest BCUT2D eigenvalue weighted by molar-refractivity contribution is -0.121. The zero-order chi connectivity index (χ0) is 19.1. The van der Waals surface area contributed by atoms with E-state index in [0.717, 1.165) is 18.6 Å². The van der Waals surface area contributed by atoms with Gasteiger partial charge in [0, 0.05) is 23.7 Å². The van der Waals surface area contributed by atoms with E-state index in [4.69, 9.17) is 4.74 Å². The van der Waals surface area contributed by atoms with E-state index in [1.165, 1.54) is 5.56 Å². The van der Waals surface area contributed by atoms with E-state index in [0.29, 0.717) is 11.3 Å². The molecule has 0 radical (unpaired) electrons. The summed E-state index contributed by atoms with van der Waals surface area (Å²) in [7, 11) is 1.63. The standard InChI is InChI=1S/C19H25N3O4/c1-12(4-5-14-6-8-15(26-3)9-7-14)20-17(23)11-10-16-13(2)21-19(25)22-18(16)24/h6-9,12H,4-5,10-11H2,1-3H3,(H,20,23)(H2,21,22,24,25)/t12-/m1/s1. The molecule has 0 fully saturated rings. The molecule has 0 saturated carbocycles. The zero-order valence-electron chi connectivity index (χ0n) is 15.3. The fourth-order valence-electron chi connectivity index (χ4n) is 2.76. The number of hydrogen-bond acceptors (Lipinski definition) is 4. The largest absolute Gasteiger partial charge is 0.497 e. The van der Waals surface area contributed by atoms with Gasteiger partial charge in [-0.05, 0) is 50.8 Å². The van der Waals surface area contributed by atoms with Crippen LogP contribution in [0, 0.1) is 6.92 Å². The summed E-state index contributed by atoms with van der Waals surface area (Å²) in [5.41, 5.74) is 1.14. The Morgan fingerprint density at radius 1 is 1.15 bits per heavy atom. The van der Waals surface area contributed by atoms with Crippen LogP contribution in [0.4, 0.5) is 0 Å². The van der Waals surface area contributed by atoms with Crippen LogP contribution in [-0.2, 0) is 17.6 Å². The fraction of sp³-hybridized carbons (Fsp3) is 0.421. The summed E-state index contributed by atoms with van der Waals surface area (Å²) < 4.78 is 5.13. The molecule has 1 atom stereocenters. The summed E-state index contributed by atoms with van der Waals surface area (Å²) in [6, 6.07) is 7.89. The van der Waals surface area contributed by atoms with Crippen LogP contribution in [-0.4, -0.2) is 29.0 Å². The Kier molecular flexibility index (Phi) is 6.77. The molecule has 0 saturated heterocycles. The molecule has 1 aromatic carbocycles. The van der Waals surface area contributed by atoms with E-state index < -0.39 is 11.2 Å². The Hall–Kier alpha value is -2.83. The topological polar surface area (TPSA) is 104 Å². The molecule has 0 aliphatic heterocycles. The minimum absolute atomic E-state index is 0.0274. The van der Waals surface area contributed by atoms with Gasteiger partial charge in [0.2, 0.25) is 5.91 Å². The van der Waals surface area contributed by atoms with Crippen LogP contribution in [0.1, 0.15) is 36.6 Å². The molecule has 1 aromatic heterocycles. The minimum atomic E-state index is -0.534. The molecule has 1 amide bonds. The first-order chi connectivity index (χ1) is 12.4. The first-order valence-corrected chi connectivity index (χ1v) is 8.63. The molecule has 0 aliphatic rings. The van der Waals surface area contributed by atoms with Crippen LogP contribution < -0.4 is 21.3 Å². The molecular weight excluding hydrogens is 334 g/mol. The van der Waals surface area contributed by atoms with Gasteiger partial charge in [-0.2, -0.15) is 0 Å². The normalized spacial score (nSPS) is 11.8. The van der Waals surface area contributed by atoms with E-state index in [2.05, 4.69) is 15.3 Å². The Balaban J connectivity index is 1.80. The van der Waals surface area contributed by atoms with Crippen molar-refractivity contribution in [1.82, 2.24) is 15.3 Å². The summed E-state index contributed by atoms with van der Waals surface area (Å²) in [6.45, 7) is 3.61. The van der Waals surface area contributed by atoms with Gasteiger partial charge in [0.25, 0.3) is 5.56 Å². The maximum atomic E-state index is 12.1. The molecule has 0 unspecified atom stereocenters. The molecule has 26 heavy (non-hydrogen) atoms. The fourth-order valence-corrected chi connectivity index (χ4v) is 2.76. The molecule has 3 N–H and O–H groups in total. The van der Waals surface area contributed by atoms with Gasteiger partial charge in [-0.3, -0.25) is 14.6 Å². The summed E-state index contributed by atoms with van der Waals surface area (Å²) in [4.78, 5) is 39.8. The first kappa shape index (κ1) is 19.5. The second-order valence-electron chi connectivity index (χ2n) is 6.37. The average Bonchev–Trinajstić information content (AvgIpc) is 2.59. The highest BCUT2D eigenvalue weighted by atomic mass is 16.5. The number of aryl methyl sites for hydroxylation is 2. The lowest BCUT2D eigenvalue weighted by atomic mass is 10.1. The molecule has 0 aliphatic carbocycles. The van der Waals surface area contributed by atoms with Gasteiger partial charge < -0.3 is 15.0 Å². The van der Waals surface area contributed by atoms with Gasteiger partial charge in [0.15, 0.2) is 0 Å². The molecule has 1 heterocycles. The molecule has 2 rings (SSSR count). The van der Waals surface area contributed by atoms with Crippen LogP contribution >= 0.6 is 0 Å². The lowest BCUT2D eigenvalue weighted by Gasteiger charge is -2.14. The third-order valence-electron chi connectivity index (χ3n) is 4.29. The quantitative estimate of drug-likeness (QED) is 0.663. The third kappa shape index (κ3) is 5.61. The van der Waals surface area contributed by atoms with Gasteiger partial charge in [0.1, 0.15) is 5.75 Å². The predicted octanol–water partition coefficient (Wildman–Crippen LogP) is 1.45. The second kappa shape index (κ2) is 9.03. The highest BCUT2D eigenvalue weighted by molar-refractivity contribution is 5.76. The van der Waals surface area contributed by atoms with E-state index in [9.17, 15) is 14.4 Å². The van der Waals surface area contributed by atoms with Crippen molar-refractivity contribution in [2.75, 3.05) is 7.11 Å². The third-order valence-corrected chi connectivity index (χ3v) is 4.29. The number of hydrogen-bond donors (Lipinski definition) is 3. The Morgan fingerprint density at radius 3 is 2.46 bits per heavy atom. The molecule has 140 valence electrons. The van der Waals surface area contributed by atoms with Crippen LogP contribution in [0.15, 0.2) is 33.9 Å². The highest BCUT2D eigenvalue weighted by Gasteiger charge is 2.11. The number of aromatic amines is 2. The van der Waals surface area contributed by atoms with Crippen molar-refractivity contribution in [1.29, 1.82) is 0 Å². The summed E-state index contributed by atoms with van der Waals surface area (Å²) in [5, 5.41) is 2.95. The van der Waals surface area contributed by atoms with Gasteiger partial charge >= 0.3 is 5.69 Å². The number of rotatable bonds is 8. The number of amides is 1. The molecule has 2 aromatic rings. The van der Waals surface area contributed by atoms with Crippen molar-refractivity contribution in [3.8, 4) is 5.75 Å². The van der Waals surface area contributed by atoms with Crippen molar-refractivity contribution in [2.24, 2.45) is 0 Å². The summed E-state index contributed by atoms with van der Waals surface area (Å²) in [6.07, 6.45) is 2.15. The number of H-pyrrole nitrogens is 2. The monoisotopic (exact) mass is 359 g/mol. The van der Waals surface area contributed by atoms with Crippen LogP contribution in [0.3, 0.4) is 0 Å². The molecular formula is C19H25N3O4. The van der Waals surface area contributed by atoms with Crippen molar-refractivity contribution < 1.29 is 9.53 Å². The maximum Gasteiger partial charge on any atom is 0.325 e. The number of benzene rings is 1. The van der Waals surface area contributed by atoms with Crippen LogP contribution in [0.5, 0.6) is 5.75 Å². The Labute approximate surface area is 151 Å². The summed E-state index contributed by atoms with van der Waals surface area (Å²) >= 11 is 0.